The zero-order chi connectivity index (χ0) is 20.6. The molecular weight excluding hydrogens is 390 g/mol. The molecule has 1 aromatic carbocycles. The number of nitrogens with one attached hydrogen (secondary N) is 1. The summed E-state index contributed by atoms with van der Waals surface area (Å²) >= 11 is 1.54. The van der Waals surface area contributed by atoms with Crippen LogP contribution in [-0.2, 0) is 14.3 Å². The maximum atomic E-state index is 12.3. The van der Waals surface area contributed by atoms with Gasteiger partial charge in [-0.2, -0.15) is 11.3 Å². The first-order valence-corrected chi connectivity index (χ1v) is 10.5. The Morgan fingerprint density at radius 3 is 2.72 bits per heavy atom. The smallest absolute Gasteiger partial charge is 0.331 e. The molecule has 29 heavy (non-hydrogen) atoms. The lowest BCUT2D eigenvalue weighted by Gasteiger charge is -2.23. The van der Waals surface area contributed by atoms with Crippen molar-refractivity contribution in [2.75, 3.05) is 19.8 Å². The molecule has 0 saturated heterocycles. The van der Waals surface area contributed by atoms with E-state index >= 15 is 0 Å². The second-order valence-corrected chi connectivity index (χ2v) is 7.82. The number of fused-ring (bicyclic) bond motifs is 1. The van der Waals surface area contributed by atoms with E-state index in [2.05, 4.69) is 5.32 Å². The van der Waals surface area contributed by atoms with E-state index < -0.39 is 5.97 Å². The fourth-order valence-electron chi connectivity index (χ4n) is 2.94. The number of rotatable bonds is 7. The van der Waals surface area contributed by atoms with E-state index in [4.69, 9.17) is 14.2 Å². The molecule has 154 valence electrons. The molecule has 1 amide bonds. The molecule has 2 heterocycles. The lowest BCUT2D eigenvalue weighted by Crippen LogP contribution is -2.34. The number of carbonyl (C=O) groups excluding carboxylic acids is 2. The molecule has 0 fully saturated rings. The molecule has 1 atom stereocenters. The van der Waals surface area contributed by atoms with Crippen LogP contribution >= 0.6 is 11.3 Å². The predicted octanol–water partition coefficient (Wildman–Crippen LogP) is 3.98. The summed E-state index contributed by atoms with van der Waals surface area (Å²) in [6, 6.07) is 7.35. The number of esters is 1. The van der Waals surface area contributed by atoms with Crippen molar-refractivity contribution in [3.05, 3.63) is 52.2 Å². The van der Waals surface area contributed by atoms with Crippen LogP contribution in [0.5, 0.6) is 11.5 Å². The molecule has 6 nitrogen and oxygen atoms in total. The van der Waals surface area contributed by atoms with Gasteiger partial charge in [-0.25, -0.2) is 4.79 Å². The van der Waals surface area contributed by atoms with Crippen molar-refractivity contribution in [2.45, 2.75) is 26.3 Å². The maximum Gasteiger partial charge on any atom is 0.331 e. The van der Waals surface area contributed by atoms with Crippen LogP contribution in [-0.4, -0.2) is 31.7 Å². The molecule has 1 aliphatic heterocycles. The quantitative estimate of drug-likeness (QED) is 0.547. The highest BCUT2D eigenvalue weighted by Crippen LogP contribution is 2.34. The van der Waals surface area contributed by atoms with Gasteiger partial charge in [0, 0.05) is 12.5 Å². The Kier molecular flexibility index (Phi) is 7.30. The van der Waals surface area contributed by atoms with Crippen molar-refractivity contribution in [1.82, 2.24) is 5.32 Å². The normalized spacial score (nSPS) is 14.4. The summed E-state index contributed by atoms with van der Waals surface area (Å²) in [6.45, 7) is 4.93. The third-order valence-electron chi connectivity index (χ3n) is 4.41. The molecule has 0 aliphatic carbocycles. The monoisotopic (exact) mass is 415 g/mol. The maximum absolute atomic E-state index is 12.3. The average molecular weight is 416 g/mol. The van der Waals surface area contributed by atoms with E-state index in [1.807, 2.05) is 48.9 Å². The minimum Gasteiger partial charge on any atom is -0.490 e. The van der Waals surface area contributed by atoms with Gasteiger partial charge in [0.1, 0.15) is 0 Å². The second kappa shape index (κ2) is 10.1. The topological polar surface area (TPSA) is 73.9 Å². The van der Waals surface area contributed by atoms with Gasteiger partial charge in [-0.1, -0.05) is 19.9 Å². The Labute approximate surface area is 174 Å². The van der Waals surface area contributed by atoms with E-state index in [0.29, 0.717) is 24.7 Å². The van der Waals surface area contributed by atoms with Gasteiger partial charge >= 0.3 is 5.97 Å². The summed E-state index contributed by atoms with van der Waals surface area (Å²) in [5, 5.41) is 6.78. The zero-order valence-electron chi connectivity index (χ0n) is 16.6. The van der Waals surface area contributed by atoms with Crippen LogP contribution in [0, 0.1) is 5.92 Å². The number of ether oxygens (including phenoxy) is 3. The fraction of sp³-hybridized carbons (Fsp3) is 0.364. The van der Waals surface area contributed by atoms with Crippen LogP contribution in [0.4, 0.5) is 0 Å². The Bertz CT molecular complexity index is 860. The summed E-state index contributed by atoms with van der Waals surface area (Å²) in [5.74, 6) is 0.630. The third kappa shape index (κ3) is 6.09. The summed E-state index contributed by atoms with van der Waals surface area (Å²) in [6.07, 6.45) is 3.81. The van der Waals surface area contributed by atoms with Crippen LogP contribution in [0.2, 0.25) is 0 Å². The molecule has 3 rings (SSSR count). The largest absolute Gasteiger partial charge is 0.490 e. The van der Waals surface area contributed by atoms with Gasteiger partial charge in [0.15, 0.2) is 18.1 Å². The highest BCUT2D eigenvalue weighted by molar-refractivity contribution is 7.08. The van der Waals surface area contributed by atoms with Gasteiger partial charge in [-0.15, -0.1) is 0 Å². The molecule has 1 aliphatic rings. The van der Waals surface area contributed by atoms with Gasteiger partial charge in [0.2, 0.25) is 0 Å². The fourth-order valence-corrected chi connectivity index (χ4v) is 3.57. The molecule has 1 N–H and O–H groups in total. The zero-order valence-corrected chi connectivity index (χ0v) is 17.4. The van der Waals surface area contributed by atoms with Crippen molar-refractivity contribution < 1.29 is 23.8 Å². The highest BCUT2D eigenvalue weighted by Gasteiger charge is 2.21. The highest BCUT2D eigenvalue weighted by atomic mass is 32.1. The third-order valence-corrected chi connectivity index (χ3v) is 5.12. The molecular formula is C22H25NO5S. The summed E-state index contributed by atoms with van der Waals surface area (Å²) in [4.78, 5) is 24.2. The molecule has 0 bridgehead atoms. The van der Waals surface area contributed by atoms with Crippen molar-refractivity contribution >= 4 is 29.3 Å². The molecule has 0 radical (unpaired) electrons. The lowest BCUT2D eigenvalue weighted by molar-refractivity contribution is -0.144. The second-order valence-electron chi connectivity index (χ2n) is 7.04. The number of thiophene rings is 1. The Morgan fingerprint density at radius 1 is 1.21 bits per heavy atom. The predicted molar refractivity (Wildman–Crippen MR) is 112 cm³/mol. The molecule has 2 aromatic rings. The van der Waals surface area contributed by atoms with E-state index in [0.717, 1.165) is 17.5 Å². The number of benzene rings is 1. The molecule has 0 saturated carbocycles. The Hall–Kier alpha value is -2.80. The van der Waals surface area contributed by atoms with E-state index in [9.17, 15) is 9.59 Å². The molecule has 7 heteroatoms. The van der Waals surface area contributed by atoms with E-state index in [1.165, 1.54) is 6.08 Å². The standard InChI is InChI=1S/C22H25NO5S/c1-15(2)22(17-5-6-18-19(12-17)27-10-3-9-26-18)23-20(24)13-28-21(25)7-4-16-8-11-29-14-16/h4-8,11-12,14-15,22H,3,9-10,13H2,1-2H3,(H,23,24)/b7-4+/t22-/m1/s1. The van der Waals surface area contributed by atoms with Crippen LogP contribution in [0.3, 0.4) is 0 Å². The van der Waals surface area contributed by atoms with Gasteiger partial charge < -0.3 is 19.5 Å². The number of hydrogen-bond donors (Lipinski definition) is 1. The molecule has 0 spiro atoms. The van der Waals surface area contributed by atoms with Gasteiger partial charge in [0.25, 0.3) is 5.91 Å². The van der Waals surface area contributed by atoms with Crippen LogP contribution < -0.4 is 14.8 Å². The molecule has 1 aromatic heterocycles. The van der Waals surface area contributed by atoms with Gasteiger partial charge in [0.05, 0.1) is 19.3 Å². The number of hydrogen-bond acceptors (Lipinski definition) is 6. The van der Waals surface area contributed by atoms with Crippen molar-refractivity contribution in [3.8, 4) is 11.5 Å². The first-order chi connectivity index (χ1) is 14.0. The van der Waals surface area contributed by atoms with E-state index in [1.54, 1.807) is 17.4 Å². The number of amides is 1. The van der Waals surface area contributed by atoms with Gasteiger partial charge in [-0.3, -0.25) is 4.79 Å². The van der Waals surface area contributed by atoms with Crippen molar-refractivity contribution in [1.29, 1.82) is 0 Å². The summed E-state index contributed by atoms with van der Waals surface area (Å²) < 4.78 is 16.5. The van der Waals surface area contributed by atoms with Gasteiger partial charge in [-0.05, 0) is 52.1 Å². The summed E-state index contributed by atoms with van der Waals surface area (Å²) in [5.41, 5.74) is 1.84. The summed E-state index contributed by atoms with van der Waals surface area (Å²) in [7, 11) is 0. The Balaban J connectivity index is 1.58. The van der Waals surface area contributed by atoms with Crippen LogP contribution in [0.1, 0.15) is 37.4 Å². The van der Waals surface area contributed by atoms with Crippen LogP contribution in [0.25, 0.3) is 6.08 Å². The van der Waals surface area contributed by atoms with Crippen molar-refractivity contribution in [3.63, 3.8) is 0 Å². The van der Waals surface area contributed by atoms with E-state index in [-0.39, 0.29) is 24.5 Å². The first-order valence-electron chi connectivity index (χ1n) is 9.59. The molecule has 0 unspecified atom stereocenters. The average Bonchev–Trinajstić information content (AvgIpc) is 3.12. The minimum atomic E-state index is -0.553. The van der Waals surface area contributed by atoms with Crippen LogP contribution in [0.15, 0.2) is 41.1 Å². The first kappa shape index (κ1) is 20.9. The Morgan fingerprint density at radius 2 is 2.00 bits per heavy atom. The van der Waals surface area contributed by atoms with Crippen molar-refractivity contribution in [2.24, 2.45) is 5.92 Å². The lowest BCUT2D eigenvalue weighted by atomic mass is 9.95. The SMILES string of the molecule is CC(C)[C@@H](NC(=O)COC(=O)/C=C/c1ccsc1)c1ccc2c(c1)OCCCO2. The number of carbonyl (C=O) groups is 2. The minimum absolute atomic E-state index is 0.137.